The normalized spacial score (nSPS) is 11.8. The van der Waals surface area contributed by atoms with E-state index in [9.17, 15) is 0 Å². The smallest absolute Gasteiger partial charge is 0.226 e. The average molecular weight is 278 g/mol. The third-order valence-corrected chi connectivity index (χ3v) is 4.16. The van der Waals surface area contributed by atoms with Crippen LogP contribution in [0.1, 0.15) is 34.1 Å². The minimum atomic E-state index is 0.269. The minimum absolute atomic E-state index is 0.269. The van der Waals surface area contributed by atoms with Crippen LogP contribution in [0.3, 0.4) is 0 Å². The first-order valence-electron chi connectivity index (χ1n) is 6.78. The van der Waals surface area contributed by atoms with Crippen molar-refractivity contribution in [1.82, 2.24) is 9.97 Å². The van der Waals surface area contributed by atoms with Gasteiger partial charge in [0, 0.05) is 13.1 Å². The van der Waals surface area contributed by atoms with Crippen molar-refractivity contribution in [2.75, 3.05) is 23.7 Å². The van der Waals surface area contributed by atoms with E-state index in [4.69, 9.17) is 0 Å². The summed E-state index contributed by atoms with van der Waals surface area (Å²) in [6, 6.07) is 2.08. The van der Waals surface area contributed by atoms with E-state index >= 15 is 0 Å². The van der Waals surface area contributed by atoms with Crippen molar-refractivity contribution in [2.24, 2.45) is 5.41 Å². The van der Waals surface area contributed by atoms with Gasteiger partial charge in [-0.3, -0.25) is 0 Å². The quantitative estimate of drug-likeness (QED) is 0.839. The number of rotatable bonds is 6. The highest BCUT2D eigenvalue weighted by Gasteiger charge is 2.16. The molecule has 0 radical (unpaired) electrons. The molecule has 0 atom stereocenters. The standard InChI is InChI=1S/C14H22N4S/c1-5-14(3,4)9-16-11-10-7-8-19-12(10)18-13(17-11)15-6-2/h7-8H,5-6,9H2,1-4H3,(H2,15,16,17,18). The van der Waals surface area contributed by atoms with Crippen LogP contribution in [0.15, 0.2) is 11.4 Å². The minimum Gasteiger partial charge on any atom is -0.369 e. The van der Waals surface area contributed by atoms with Gasteiger partial charge in [-0.25, -0.2) is 4.98 Å². The molecule has 5 heteroatoms. The second-order valence-electron chi connectivity index (χ2n) is 5.44. The lowest BCUT2D eigenvalue weighted by Gasteiger charge is -2.23. The van der Waals surface area contributed by atoms with Gasteiger partial charge < -0.3 is 10.6 Å². The fraction of sp³-hybridized carbons (Fsp3) is 0.571. The Labute approximate surface area is 118 Å². The van der Waals surface area contributed by atoms with Gasteiger partial charge >= 0.3 is 0 Å². The van der Waals surface area contributed by atoms with Gasteiger partial charge in [-0.1, -0.05) is 20.8 Å². The van der Waals surface area contributed by atoms with Crippen molar-refractivity contribution in [3.63, 3.8) is 0 Å². The average Bonchev–Trinajstić information content (AvgIpc) is 2.85. The molecule has 2 rings (SSSR count). The molecule has 0 aliphatic carbocycles. The molecule has 0 spiro atoms. The molecule has 0 aliphatic rings. The zero-order chi connectivity index (χ0) is 13.9. The molecule has 0 saturated carbocycles. The summed E-state index contributed by atoms with van der Waals surface area (Å²) in [5.74, 6) is 1.64. The summed E-state index contributed by atoms with van der Waals surface area (Å²) in [6.07, 6.45) is 1.14. The molecule has 0 fully saturated rings. The largest absolute Gasteiger partial charge is 0.369 e. The number of hydrogen-bond donors (Lipinski definition) is 2. The molecule has 0 aromatic carbocycles. The highest BCUT2D eigenvalue weighted by molar-refractivity contribution is 7.16. The van der Waals surface area contributed by atoms with E-state index in [0.29, 0.717) is 5.95 Å². The van der Waals surface area contributed by atoms with Gasteiger partial charge in [0.05, 0.1) is 5.39 Å². The van der Waals surface area contributed by atoms with E-state index < -0.39 is 0 Å². The van der Waals surface area contributed by atoms with E-state index in [1.165, 1.54) is 0 Å². The zero-order valence-electron chi connectivity index (χ0n) is 12.1. The van der Waals surface area contributed by atoms with Gasteiger partial charge in [0.25, 0.3) is 0 Å². The van der Waals surface area contributed by atoms with E-state index in [1.54, 1.807) is 11.3 Å². The fourth-order valence-electron chi connectivity index (χ4n) is 1.68. The maximum Gasteiger partial charge on any atom is 0.226 e. The van der Waals surface area contributed by atoms with Crippen LogP contribution < -0.4 is 10.6 Å². The molecule has 0 unspecified atom stereocenters. The molecule has 19 heavy (non-hydrogen) atoms. The Morgan fingerprint density at radius 2 is 2.00 bits per heavy atom. The van der Waals surface area contributed by atoms with Crippen molar-refractivity contribution in [3.05, 3.63) is 11.4 Å². The second-order valence-corrected chi connectivity index (χ2v) is 6.33. The SMILES string of the molecule is CCNc1nc(NCC(C)(C)CC)c2ccsc2n1. The lowest BCUT2D eigenvalue weighted by atomic mass is 9.90. The molecule has 104 valence electrons. The van der Waals surface area contributed by atoms with Crippen LogP contribution in [0.2, 0.25) is 0 Å². The molecule has 0 amide bonds. The molecule has 0 bridgehead atoms. The van der Waals surface area contributed by atoms with Crippen molar-refractivity contribution in [3.8, 4) is 0 Å². The molecule has 0 aliphatic heterocycles. The molecule has 4 nitrogen and oxygen atoms in total. The third-order valence-electron chi connectivity index (χ3n) is 3.35. The van der Waals surface area contributed by atoms with Crippen molar-refractivity contribution < 1.29 is 0 Å². The van der Waals surface area contributed by atoms with Crippen LogP contribution in [0.5, 0.6) is 0 Å². The lowest BCUT2D eigenvalue weighted by molar-refractivity contribution is 0.376. The van der Waals surface area contributed by atoms with Gasteiger partial charge in [-0.05, 0) is 30.2 Å². The number of thiophene rings is 1. The van der Waals surface area contributed by atoms with Crippen molar-refractivity contribution in [1.29, 1.82) is 0 Å². The van der Waals surface area contributed by atoms with Crippen molar-refractivity contribution in [2.45, 2.75) is 34.1 Å². The molecule has 2 N–H and O–H groups in total. The Morgan fingerprint density at radius 3 is 2.68 bits per heavy atom. The predicted octanol–water partition coefficient (Wildman–Crippen LogP) is 3.97. The summed E-state index contributed by atoms with van der Waals surface area (Å²) in [5, 5.41) is 9.84. The summed E-state index contributed by atoms with van der Waals surface area (Å²) >= 11 is 1.65. The first-order chi connectivity index (χ1) is 9.05. The van der Waals surface area contributed by atoms with Crippen LogP contribution >= 0.6 is 11.3 Å². The second kappa shape index (κ2) is 5.74. The first kappa shape index (κ1) is 14.1. The Kier molecular flexibility index (Phi) is 4.24. The predicted molar refractivity (Wildman–Crippen MR) is 84.1 cm³/mol. The summed E-state index contributed by atoms with van der Waals surface area (Å²) in [5.41, 5.74) is 0.269. The topological polar surface area (TPSA) is 49.8 Å². The number of hydrogen-bond acceptors (Lipinski definition) is 5. The van der Waals surface area contributed by atoms with E-state index in [-0.39, 0.29) is 5.41 Å². The number of aromatic nitrogens is 2. The van der Waals surface area contributed by atoms with Gasteiger partial charge in [-0.15, -0.1) is 11.3 Å². The number of anilines is 2. The van der Waals surface area contributed by atoms with Gasteiger partial charge in [-0.2, -0.15) is 4.98 Å². The Hall–Kier alpha value is -1.36. The first-order valence-corrected chi connectivity index (χ1v) is 7.66. The monoisotopic (exact) mass is 278 g/mol. The van der Waals surface area contributed by atoms with Crippen LogP contribution in [-0.2, 0) is 0 Å². The van der Waals surface area contributed by atoms with Gasteiger partial charge in [0.15, 0.2) is 0 Å². The van der Waals surface area contributed by atoms with E-state index in [2.05, 4.69) is 59.7 Å². The summed E-state index contributed by atoms with van der Waals surface area (Å²) in [4.78, 5) is 10.1. The Morgan fingerprint density at radius 1 is 1.21 bits per heavy atom. The number of fused-ring (bicyclic) bond motifs is 1. The molecule has 2 heterocycles. The van der Waals surface area contributed by atoms with E-state index in [1.807, 2.05) is 0 Å². The highest BCUT2D eigenvalue weighted by Crippen LogP contribution is 2.28. The van der Waals surface area contributed by atoms with Gasteiger partial charge in [0.2, 0.25) is 5.95 Å². The Bertz CT molecular complexity index is 547. The third kappa shape index (κ3) is 3.35. The molecular weight excluding hydrogens is 256 g/mol. The van der Waals surface area contributed by atoms with Crippen LogP contribution in [0, 0.1) is 5.41 Å². The molecule has 2 aromatic heterocycles. The van der Waals surface area contributed by atoms with Gasteiger partial charge in [0.1, 0.15) is 10.6 Å². The summed E-state index contributed by atoms with van der Waals surface area (Å²) in [7, 11) is 0. The summed E-state index contributed by atoms with van der Waals surface area (Å²) < 4.78 is 0. The zero-order valence-corrected chi connectivity index (χ0v) is 12.9. The van der Waals surface area contributed by atoms with Crippen LogP contribution in [-0.4, -0.2) is 23.1 Å². The summed E-state index contributed by atoms with van der Waals surface area (Å²) in [6.45, 7) is 10.5. The highest BCUT2D eigenvalue weighted by atomic mass is 32.1. The number of nitrogens with zero attached hydrogens (tertiary/aromatic N) is 2. The fourth-order valence-corrected chi connectivity index (χ4v) is 2.44. The molecular formula is C14H22N4S. The van der Waals surface area contributed by atoms with Crippen LogP contribution in [0.4, 0.5) is 11.8 Å². The Balaban J connectivity index is 2.27. The lowest BCUT2D eigenvalue weighted by Crippen LogP contribution is -2.22. The van der Waals surface area contributed by atoms with Crippen LogP contribution in [0.25, 0.3) is 10.2 Å². The van der Waals surface area contributed by atoms with E-state index in [0.717, 1.165) is 35.5 Å². The molecule has 2 aromatic rings. The number of nitrogens with one attached hydrogen (secondary N) is 2. The maximum atomic E-state index is 4.57. The maximum absolute atomic E-state index is 4.57. The van der Waals surface area contributed by atoms with Crippen molar-refractivity contribution >= 4 is 33.3 Å². The molecule has 0 saturated heterocycles.